The molecule has 4 heteroatoms. The lowest BCUT2D eigenvalue weighted by Crippen LogP contribution is -2.36. The average Bonchev–Trinajstić information content (AvgIpc) is 2.99. The number of carbonyl (C=O) groups is 1. The third kappa shape index (κ3) is 4.74. The van der Waals surface area contributed by atoms with Crippen molar-refractivity contribution in [1.29, 1.82) is 0 Å². The highest BCUT2D eigenvalue weighted by atomic mass is 16.3. The van der Waals surface area contributed by atoms with E-state index in [4.69, 9.17) is 4.42 Å². The minimum Gasteiger partial charge on any atom is -0.468 e. The van der Waals surface area contributed by atoms with Crippen molar-refractivity contribution < 1.29 is 9.21 Å². The number of carbonyl (C=O) groups excluding carboxylic acids is 1. The molecule has 0 bridgehead atoms. The second-order valence-electron chi connectivity index (χ2n) is 5.64. The second kappa shape index (κ2) is 7.80. The molecule has 1 aromatic carbocycles. The minimum absolute atomic E-state index is 0.00965. The molecule has 0 spiro atoms. The first kappa shape index (κ1) is 16.3. The lowest BCUT2D eigenvalue weighted by Gasteiger charge is -2.18. The lowest BCUT2D eigenvalue weighted by molar-refractivity contribution is -0.122. The number of likely N-dealkylation sites (N-methyl/N-ethyl adjacent to an activating group) is 1. The Balaban J connectivity index is 1.82. The van der Waals surface area contributed by atoms with Crippen LogP contribution in [-0.2, 0) is 17.8 Å². The number of hydrogen-bond donors (Lipinski definition) is 1. The number of hydrogen-bond acceptors (Lipinski definition) is 3. The maximum absolute atomic E-state index is 12.1. The number of nitrogens with zero attached hydrogens (tertiary/aromatic N) is 1. The third-order valence-electron chi connectivity index (χ3n) is 3.68. The molecule has 1 aromatic heterocycles. The van der Waals surface area contributed by atoms with Gasteiger partial charge in [0.05, 0.1) is 25.4 Å². The van der Waals surface area contributed by atoms with E-state index in [0.717, 1.165) is 17.7 Å². The summed E-state index contributed by atoms with van der Waals surface area (Å²) < 4.78 is 5.28. The Bertz CT molecular complexity index is 576. The number of aryl methyl sites for hydroxylation is 1. The van der Waals surface area contributed by atoms with Crippen LogP contribution in [0.2, 0.25) is 0 Å². The molecule has 0 saturated heterocycles. The van der Waals surface area contributed by atoms with Crippen molar-refractivity contribution in [2.24, 2.45) is 0 Å². The lowest BCUT2D eigenvalue weighted by atomic mass is 10.1. The fourth-order valence-electron chi connectivity index (χ4n) is 2.38. The normalized spacial score (nSPS) is 12.4. The van der Waals surface area contributed by atoms with Crippen LogP contribution in [0.15, 0.2) is 47.1 Å². The van der Waals surface area contributed by atoms with E-state index in [9.17, 15) is 4.79 Å². The number of rotatable bonds is 7. The molecular weight excluding hydrogens is 276 g/mol. The van der Waals surface area contributed by atoms with Crippen molar-refractivity contribution in [3.63, 3.8) is 0 Å². The van der Waals surface area contributed by atoms with Crippen molar-refractivity contribution in [3.8, 4) is 0 Å². The van der Waals surface area contributed by atoms with Crippen LogP contribution < -0.4 is 5.32 Å². The zero-order valence-corrected chi connectivity index (χ0v) is 13.5. The van der Waals surface area contributed by atoms with Gasteiger partial charge in [0.15, 0.2) is 0 Å². The number of amides is 1. The molecule has 118 valence electrons. The smallest absolute Gasteiger partial charge is 0.234 e. The summed E-state index contributed by atoms with van der Waals surface area (Å²) in [6, 6.07) is 12.2. The van der Waals surface area contributed by atoms with Gasteiger partial charge in [-0.25, -0.2) is 0 Å². The van der Waals surface area contributed by atoms with Gasteiger partial charge in [0.25, 0.3) is 0 Å². The van der Waals surface area contributed by atoms with E-state index < -0.39 is 0 Å². The minimum atomic E-state index is 0.00965. The number of benzene rings is 1. The van der Waals surface area contributed by atoms with Crippen LogP contribution in [0.4, 0.5) is 0 Å². The van der Waals surface area contributed by atoms with E-state index >= 15 is 0 Å². The molecule has 1 atom stereocenters. The Morgan fingerprint density at radius 3 is 2.59 bits per heavy atom. The molecule has 0 saturated carbocycles. The van der Waals surface area contributed by atoms with Crippen LogP contribution in [0.25, 0.3) is 0 Å². The van der Waals surface area contributed by atoms with Crippen molar-refractivity contribution >= 4 is 5.91 Å². The van der Waals surface area contributed by atoms with Crippen LogP contribution in [0.3, 0.4) is 0 Å². The predicted octanol–water partition coefficient (Wildman–Crippen LogP) is 3.15. The molecule has 0 aliphatic rings. The van der Waals surface area contributed by atoms with Gasteiger partial charge in [-0.15, -0.1) is 0 Å². The van der Waals surface area contributed by atoms with Gasteiger partial charge in [0, 0.05) is 0 Å². The Morgan fingerprint density at radius 2 is 2.00 bits per heavy atom. The van der Waals surface area contributed by atoms with E-state index in [1.165, 1.54) is 5.56 Å². The maximum Gasteiger partial charge on any atom is 0.234 e. The quantitative estimate of drug-likeness (QED) is 0.854. The summed E-state index contributed by atoms with van der Waals surface area (Å²) in [6.45, 7) is 5.11. The van der Waals surface area contributed by atoms with Gasteiger partial charge in [0.2, 0.25) is 5.91 Å². The van der Waals surface area contributed by atoms with Gasteiger partial charge >= 0.3 is 0 Å². The van der Waals surface area contributed by atoms with E-state index in [1.54, 1.807) is 6.26 Å². The molecule has 4 nitrogen and oxygen atoms in total. The Morgan fingerprint density at radius 1 is 1.27 bits per heavy atom. The molecule has 0 fully saturated rings. The van der Waals surface area contributed by atoms with Gasteiger partial charge in [-0.1, -0.05) is 31.2 Å². The summed E-state index contributed by atoms with van der Waals surface area (Å²) in [6.07, 6.45) is 2.67. The molecule has 2 aromatic rings. The van der Waals surface area contributed by atoms with Gasteiger partial charge in [-0.05, 0) is 43.7 Å². The first-order chi connectivity index (χ1) is 10.6. The summed E-state index contributed by atoms with van der Waals surface area (Å²) in [5.41, 5.74) is 2.43. The van der Waals surface area contributed by atoms with Gasteiger partial charge < -0.3 is 9.73 Å². The van der Waals surface area contributed by atoms with E-state index in [-0.39, 0.29) is 11.9 Å². The maximum atomic E-state index is 12.1. The summed E-state index contributed by atoms with van der Waals surface area (Å²) in [7, 11) is 1.91. The Labute approximate surface area is 132 Å². The predicted molar refractivity (Wildman–Crippen MR) is 87.4 cm³/mol. The van der Waals surface area contributed by atoms with E-state index in [1.807, 2.05) is 31.0 Å². The first-order valence-electron chi connectivity index (χ1n) is 7.67. The van der Waals surface area contributed by atoms with Crippen molar-refractivity contribution in [3.05, 3.63) is 59.5 Å². The topological polar surface area (TPSA) is 45.5 Å². The summed E-state index contributed by atoms with van der Waals surface area (Å²) in [5.74, 6) is 0.875. The third-order valence-corrected chi connectivity index (χ3v) is 3.68. The van der Waals surface area contributed by atoms with Crippen LogP contribution in [-0.4, -0.2) is 24.4 Å². The highest BCUT2D eigenvalue weighted by molar-refractivity contribution is 5.78. The van der Waals surface area contributed by atoms with Gasteiger partial charge in [0.1, 0.15) is 5.76 Å². The van der Waals surface area contributed by atoms with E-state index in [2.05, 4.69) is 36.5 Å². The molecule has 22 heavy (non-hydrogen) atoms. The van der Waals surface area contributed by atoms with E-state index in [0.29, 0.717) is 13.1 Å². The molecule has 1 amide bonds. The number of furan rings is 1. The Kier molecular flexibility index (Phi) is 5.78. The highest BCUT2D eigenvalue weighted by Crippen LogP contribution is 2.13. The van der Waals surface area contributed by atoms with Crippen molar-refractivity contribution in [1.82, 2.24) is 10.2 Å². The largest absolute Gasteiger partial charge is 0.468 e. The van der Waals surface area contributed by atoms with Gasteiger partial charge in [-0.2, -0.15) is 0 Å². The molecule has 0 radical (unpaired) electrons. The van der Waals surface area contributed by atoms with Crippen molar-refractivity contribution in [2.45, 2.75) is 32.9 Å². The molecule has 0 unspecified atom stereocenters. The monoisotopic (exact) mass is 300 g/mol. The molecule has 1 heterocycles. The fraction of sp³-hybridized carbons (Fsp3) is 0.389. The van der Waals surface area contributed by atoms with Gasteiger partial charge in [-0.3, -0.25) is 9.69 Å². The zero-order chi connectivity index (χ0) is 15.9. The fourth-order valence-corrected chi connectivity index (χ4v) is 2.38. The highest BCUT2D eigenvalue weighted by Gasteiger charge is 2.12. The zero-order valence-electron chi connectivity index (χ0n) is 13.5. The number of nitrogens with one attached hydrogen (secondary N) is 1. The Hall–Kier alpha value is -2.07. The van der Waals surface area contributed by atoms with Crippen LogP contribution >= 0.6 is 0 Å². The molecular formula is C18H24N2O2. The van der Waals surface area contributed by atoms with Crippen LogP contribution in [0.1, 0.15) is 36.8 Å². The summed E-state index contributed by atoms with van der Waals surface area (Å²) in [5, 5.41) is 3.03. The molecule has 2 rings (SSSR count). The second-order valence-corrected chi connectivity index (χ2v) is 5.64. The summed E-state index contributed by atoms with van der Waals surface area (Å²) >= 11 is 0. The van der Waals surface area contributed by atoms with Crippen molar-refractivity contribution in [2.75, 3.05) is 13.6 Å². The molecule has 1 N–H and O–H groups in total. The van der Waals surface area contributed by atoms with Crippen LogP contribution in [0, 0.1) is 0 Å². The SMILES string of the molecule is CCc1ccc([C@H](C)NC(=O)CN(C)Cc2ccco2)cc1. The molecule has 0 aliphatic heterocycles. The summed E-state index contributed by atoms with van der Waals surface area (Å²) in [4.78, 5) is 14.0. The van der Waals surface area contributed by atoms with Crippen LogP contribution in [0.5, 0.6) is 0 Å². The average molecular weight is 300 g/mol. The first-order valence-corrected chi connectivity index (χ1v) is 7.67. The standard InChI is InChI=1S/C18H24N2O2/c1-4-15-7-9-16(10-8-15)14(2)19-18(21)13-20(3)12-17-6-5-11-22-17/h5-11,14H,4,12-13H2,1-3H3,(H,19,21)/t14-/m0/s1. The molecule has 0 aliphatic carbocycles.